The average Bonchev–Trinajstić information content (AvgIpc) is 3.08. The topological polar surface area (TPSA) is 66.8 Å². The fourth-order valence-corrected chi connectivity index (χ4v) is 4.17. The molecule has 1 N–H and O–H groups in total. The van der Waals surface area contributed by atoms with E-state index in [-0.39, 0.29) is 6.42 Å². The molecule has 1 aliphatic rings. The van der Waals surface area contributed by atoms with E-state index in [9.17, 15) is 19.1 Å². The number of hydrogen-bond donors (Lipinski definition) is 1. The van der Waals surface area contributed by atoms with Crippen LogP contribution in [0.3, 0.4) is 0 Å². The molecule has 1 unspecified atom stereocenters. The van der Waals surface area contributed by atoms with Crippen molar-refractivity contribution in [3.63, 3.8) is 0 Å². The first-order valence-corrected chi connectivity index (χ1v) is 9.53. The fraction of sp³-hybridized carbons (Fsp3) is 0.167. The number of fused-ring (bicyclic) bond motifs is 3. The molecule has 0 aromatic heterocycles. The summed E-state index contributed by atoms with van der Waals surface area (Å²) in [6, 6.07) is 19.6. The van der Waals surface area contributed by atoms with E-state index in [2.05, 4.69) is 0 Å². The maximum absolute atomic E-state index is 13.5. The highest BCUT2D eigenvalue weighted by atomic mass is 19.1. The van der Waals surface area contributed by atoms with E-state index < -0.39 is 30.0 Å². The Morgan fingerprint density at radius 1 is 0.967 bits per heavy atom. The summed E-state index contributed by atoms with van der Waals surface area (Å²) in [6.07, 6.45) is -0.997. The van der Waals surface area contributed by atoms with Crippen LogP contribution < -0.4 is 0 Å². The quantitative estimate of drug-likeness (QED) is 0.635. The summed E-state index contributed by atoms with van der Waals surface area (Å²) in [5.41, 5.74) is 4.27. The maximum atomic E-state index is 13.5. The van der Waals surface area contributed by atoms with Crippen molar-refractivity contribution >= 4 is 12.1 Å². The number of benzene rings is 3. The van der Waals surface area contributed by atoms with Crippen LogP contribution in [0.5, 0.6) is 0 Å². The monoisotopic (exact) mass is 405 g/mol. The van der Waals surface area contributed by atoms with E-state index in [1.165, 1.54) is 36.3 Å². The number of carboxylic acid groups (broad SMARTS) is 1. The van der Waals surface area contributed by atoms with Gasteiger partial charge in [-0.15, -0.1) is 0 Å². The molecule has 152 valence electrons. The summed E-state index contributed by atoms with van der Waals surface area (Å²) in [5, 5.41) is 9.58. The van der Waals surface area contributed by atoms with Crippen molar-refractivity contribution < 1.29 is 23.8 Å². The second-order valence-electron chi connectivity index (χ2n) is 7.12. The van der Waals surface area contributed by atoms with Crippen molar-refractivity contribution in [1.82, 2.24) is 4.90 Å². The van der Waals surface area contributed by atoms with E-state index in [1.54, 1.807) is 0 Å². The first kappa shape index (κ1) is 19.6. The molecule has 0 bridgehead atoms. The molecule has 0 spiro atoms. The Bertz CT molecular complexity index is 1050. The van der Waals surface area contributed by atoms with Crippen LogP contribution in [0.15, 0.2) is 72.8 Å². The summed E-state index contributed by atoms with van der Waals surface area (Å²) in [7, 11) is 1.27. The molecule has 0 saturated carbocycles. The third kappa shape index (κ3) is 3.41. The normalized spacial score (nSPS) is 13.3. The highest BCUT2D eigenvalue weighted by molar-refractivity contribution is 5.82. The van der Waals surface area contributed by atoms with Crippen LogP contribution in [0.25, 0.3) is 11.1 Å². The SMILES string of the molecule is COC(=O)N(C(CC(=O)O)c1ccc(F)cc1)C1c2ccccc2-c2ccccc21. The first-order chi connectivity index (χ1) is 14.5. The molecule has 5 nitrogen and oxygen atoms in total. The van der Waals surface area contributed by atoms with Crippen LogP contribution in [-0.2, 0) is 9.53 Å². The number of carbonyl (C=O) groups excluding carboxylic acids is 1. The molecule has 1 aliphatic carbocycles. The number of ether oxygens (including phenoxy) is 1. The van der Waals surface area contributed by atoms with Gasteiger partial charge in [0.1, 0.15) is 5.82 Å². The molecule has 3 aromatic carbocycles. The summed E-state index contributed by atoms with van der Waals surface area (Å²) in [6.45, 7) is 0. The van der Waals surface area contributed by atoms with Crippen LogP contribution in [0.1, 0.15) is 35.2 Å². The molecule has 6 heteroatoms. The average molecular weight is 405 g/mol. The summed E-state index contributed by atoms with van der Waals surface area (Å²) in [4.78, 5) is 26.2. The van der Waals surface area contributed by atoms with Gasteiger partial charge < -0.3 is 9.84 Å². The highest BCUT2D eigenvalue weighted by Crippen LogP contribution is 2.49. The van der Waals surface area contributed by atoms with Gasteiger partial charge in [-0.25, -0.2) is 9.18 Å². The van der Waals surface area contributed by atoms with Crippen LogP contribution in [0.2, 0.25) is 0 Å². The Hall–Kier alpha value is -3.67. The Kier molecular flexibility index (Phi) is 5.23. The molecular weight excluding hydrogens is 385 g/mol. The molecular formula is C24H20FNO4. The Morgan fingerprint density at radius 3 is 2.00 bits per heavy atom. The molecule has 3 aromatic rings. The van der Waals surface area contributed by atoms with E-state index >= 15 is 0 Å². The summed E-state index contributed by atoms with van der Waals surface area (Å²) in [5.74, 6) is -1.51. The highest BCUT2D eigenvalue weighted by Gasteiger charge is 2.40. The van der Waals surface area contributed by atoms with Crippen molar-refractivity contribution in [2.75, 3.05) is 7.11 Å². The predicted octanol–water partition coefficient (Wildman–Crippen LogP) is 5.18. The van der Waals surface area contributed by atoms with Gasteiger partial charge in [-0.2, -0.15) is 0 Å². The van der Waals surface area contributed by atoms with E-state index in [4.69, 9.17) is 4.74 Å². The zero-order valence-electron chi connectivity index (χ0n) is 16.3. The lowest BCUT2D eigenvalue weighted by atomic mass is 9.96. The van der Waals surface area contributed by atoms with Gasteiger partial charge in [-0.05, 0) is 39.9 Å². The molecule has 30 heavy (non-hydrogen) atoms. The van der Waals surface area contributed by atoms with Gasteiger partial charge in [0.2, 0.25) is 0 Å². The lowest BCUT2D eigenvalue weighted by Crippen LogP contribution is -2.39. The van der Waals surface area contributed by atoms with Crippen molar-refractivity contribution in [2.24, 2.45) is 0 Å². The van der Waals surface area contributed by atoms with Crippen LogP contribution in [0, 0.1) is 5.82 Å². The Balaban J connectivity index is 1.91. The van der Waals surface area contributed by atoms with Gasteiger partial charge in [0.25, 0.3) is 0 Å². The largest absolute Gasteiger partial charge is 0.481 e. The van der Waals surface area contributed by atoms with Crippen molar-refractivity contribution in [2.45, 2.75) is 18.5 Å². The molecule has 0 heterocycles. The molecule has 0 radical (unpaired) electrons. The number of methoxy groups -OCH3 is 1. The Labute approximate surface area is 173 Å². The van der Waals surface area contributed by atoms with E-state index in [1.807, 2.05) is 48.5 Å². The van der Waals surface area contributed by atoms with Crippen LogP contribution in [-0.4, -0.2) is 29.2 Å². The second kappa shape index (κ2) is 7.99. The lowest BCUT2D eigenvalue weighted by molar-refractivity contribution is -0.138. The van der Waals surface area contributed by atoms with Crippen LogP contribution in [0.4, 0.5) is 9.18 Å². The van der Waals surface area contributed by atoms with Gasteiger partial charge in [-0.1, -0.05) is 60.7 Å². The summed E-state index contributed by atoms with van der Waals surface area (Å²) >= 11 is 0. The smallest absolute Gasteiger partial charge is 0.410 e. The number of halogens is 1. The number of nitrogens with zero attached hydrogens (tertiary/aromatic N) is 1. The van der Waals surface area contributed by atoms with Gasteiger partial charge in [0.15, 0.2) is 0 Å². The van der Waals surface area contributed by atoms with Gasteiger partial charge >= 0.3 is 12.1 Å². The summed E-state index contributed by atoms with van der Waals surface area (Å²) < 4.78 is 18.6. The molecule has 0 fully saturated rings. The van der Waals surface area contributed by atoms with E-state index in [0.29, 0.717) is 5.56 Å². The minimum absolute atomic E-state index is 0.346. The molecule has 0 aliphatic heterocycles. The van der Waals surface area contributed by atoms with Crippen LogP contribution >= 0.6 is 0 Å². The maximum Gasteiger partial charge on any atom is 0.410 e. The molecule has 1 amide bonds. The number of amides is 1. The fourth-order valence-electron chi connectivity index (χ4n) is 4.17. The van der Waals surface area contributed by atoms with Crippen molar-refractivity contribution in [1.29, 1.82) is 0 Å². The number of rotatable bonds is 5. The Morgan fingerprint density at radius 2 is 1.50 bits per heavy atom. The number of hydrogen-bond acceptors (Lipinski definition) is 3. The minimum atomic E-state index is -1.07. The van der Waals surface area contributed by atoms with E-state index in [0.717, 1.165) is 22.3 Å². The van der Waals surface area contributed by atoms with Crippen molar-refractivity contribution in [3.8, 4) is 11.1 Å². The van der Waals surface area contributed by atoms with Crippen molar-refractivity contribution in [3.05, 3.63) is 95.3 Å². The molecule has 0 saturated heterocycles. The predicted molar refractivity (Wildman–Crippen MR) is 109 cm³/mol. The first-order valence-electron chi connectivity index (χ1n) is 9.53. The zero-order chi connectivity index (χ0) is 21.3. The van der Waals surface area contributed by atoms with Gasteiger partial charge in [0.05, 0.1) is 25.6 Å². The third-order valence-electron chi connectivity index (χ3n) is 5.42. The number of carboxylic acids is 1. The molecule has 4 rings (SSSR count). The second-order valence-corrected chi connectivity index (χ2v) is 7.12. The van der Waals surface area contributed by atoms with Gasteiger partial charge in [-0.3, -0.25) is 9.69 Å². The number of aliphatic carboxylic acids is 1. The zero-order valence-corrected chi connectivity index (χ0v) is 16.3. The number of carbonyl (C=O) groups is 2. The third-order valence-corrected chi connectivity index (χ3v) is 5.42. The minimum Gasteiger partial charge on any atom is -0.481 e. The molecule has 1 atom stereocenters. The lowest BCUT2D eigenvalue weighted by Gasteiger charge is -2.36. The van der Waals surface area contributed by atoms with Gasteiger partial charge in [0, 0.05) is 0 Å². The standard InChI is InChI=1S/C24H20FNO4/c1-30-24(29)26(21(14-22(27)28)15-10-12-16(25)13-11-15)23-19-8-4-2-6-17(19)18-7-3-5-9-20(18)23/h2-13,21,23H,14H2,1H3,(H,27,28).